The molecule has 0 aliphatic carbocycles. The fourth-order valence-electron chi connectivity index (χ4n) is 2.77. The molecule has 3 N–H and O–H groups in total. The molecule has 1 aromatic heterocycles. The van der Waals surface area contributed by atoms with Crippen LogP contribution in [0, 0.1) is 5.82 Å². The highest BCUT2D eigenvalue weighted by atomic mass is 19.1. The highest BCUT2D eigenvalue weighted by Crippen LogP contribution is 2.37. The number of carbonyl (C=O) groups excluding carboxylic acids is 1. The normalized spacial score (nSPS) is 10.4. The van der Waals surface area contributed by atoms with E-state index in [0.717, 1.165) is 5.69 Å². The van der Waals surface area contributed by atoms with Crippen molar-refractivity contribution >= 4 is 17.4 Å². The van der Waals surface area contributed by atoms with Crippen LogP contribution in [0.1, 0.15) is 12.6 Å². The van der Waals surface area contributed by atoms with E-state index in [4.69, 9.17) is 9.47 Å². The number of halogens is 1. The van der Waals surface area contributed by atoms with Crippen LogP contribution in [-0.2, 0) is 6.42 Å². The van der Waals surface area contributed by atoms with E-state index in [0.29, 0.717) is 40.6 Å². The molecule has 2 amide bonds. The molecule has 0 aliphatic rings. The minimum absolute atomic E-state index is 0.372. The van der Waals surface area contributed by atoms with Crippen LogP contribution < -0.4 is 20.1 Å². The van der Waals surface area contributed by atoms with Gasteiger partial charge < -0.3 is 20.1 Å². The standard InChI is InChI=1S/C20H21FN4O3/c1-4-16-19(23-20(26)22-13-7-5-12(21)6-8-13)18(25-24-16)15-10-9-14(27-2)11-17(15)28-3/h5-11H,4H2,1-3H3,(H,24,25)(H2,22,23,26). The smallest absolute Gasteiger partial charge is 0.323 e. The van der Waals surface area contributed by atoms with Gasteiger partial charge in [-0.1, -0.05) is 6.92 Å². The number of aryl methyl sites for hydroxylation is 1. The summed E-state index contributed by atoms with van der Waals surface area (Å²) >= 11 is 0. The third-order valence-corrected chi connectivity index (χ3v) is 4.20. The van der Waals surface area contributed by atoms with Crippen molar-refractivity contribution in [2.45, 2.75) is 13.3 Å². The van der Waals surface area contributed by atoms with Gasteiger partial charge >= 0.3 is 6.03 Å². The molecule has 0 saturated carbocycles. The summed E-state index contributed by atoms with van der Waals surface area (Å²) in [4.78, 5) is 12.5. The topological polar surface area (TPSA) is 88.3 Å². The molecule has 146 valence electrons. The largest absolute Gasteiger partial charge is 0.497 e. The van der Waals surface area contributed by atoms with Crippen molar-refractivity contribution in [1.29, 1.82) is 0 Å². The molecule has 0 spiro atoms. The zero-order valence-corrected chi connectivity index (χ0v) is 15.8. The minimum Gasteiger partial charge on any atom is -0.497 e. The average Bonchev–Trinajstić information content (AvgIpc) is 3.11. The second kappa shape index (κ2) is 8.43. The molecule has 28 heavy (non-hydrogen) atoms. The van der Waals surface area contributed by atoms with E-state index < -0.39 is 6.03 Å². The van der Waals surface area contributed by atoms with Crippen LogP contribution in [0.25, 0.3) is 11.3 Å². The van der Waals surface area contributed by atoms with Crippen molar-refractivity contribution in [3.8, 4) is 22.8 Å². The molecule has 0 atom stereocenters. The molecule has 3 rings (SSSR count). The molecule has 0 bridgehead atoms. The predicted octanol–water partition coefficient (Wildman–Crippen LogP) is 4.44. The zero-order valence-electron chi connectivity index (χ0n) is 15.8. The molecule has 0 fully saturated rings. The first-order valence-corrected chi connectivity index (χ1v) is 8.69. The highest BCUT2D eigenvalue weighted by molar-refractivity contribution is 6.02. The molecule has 8 heteroatoms. The lowest BCUT2D eigenvalue weighted by molar-refractivity contribution is 0.262. The molecule has 2 aromatic carbocycles. The van der Waals surface area contributed by atoms with Crippen molar-refractivity contribution in [1.82, 2.24) is 10.2 Å². The van der Waals surface area contributed by atoms with E-state index in [1.165, 1.54) is 24.3 Å². The zero-order chi connectivity index (χ0) is 20.1. The fourth-order valence-corrected chi connectivity index (χ4v) is 2.77. The van der Waals surface area contributed by atoms with Crippen LogP contribution >= 0.6 is 0 Å². The van der Waals surface area contributed by atoms with Crippen LogP contribution in [0.2, 0.25) is 0 Å². The summed E-state index contributed by atoms with van der Waals surface area (Å²) in [5.41, 5.74) is 3.04. The summed E-state index contributed by atoms with van der Waals surface area (Å²) < 4.78 is 23.7. The van der Waals surface area contributed by atoms with E-state index in [1.54, 1.807) is 26.4 Å². The van der Waals surface area contributed by atoms with E-state index in [1.807, 2.05) is 13.0 Å². The van der Waals surface area contributed by atoms with Crippen molar-refractivity contribution in [2.24, 2.45) is 0 Å². The molecule has 0 aliphatic heterocycles. The first-order chi connectivity index (χ1) is 13.5. The monoisotopic (exact) mass is 384 g/mol. The van der Waals surface area contributed by atoms with Gasteiger partial charge in [-0.15, -0.1) is 0 Å². The summed E-state index contributed by atoms with van der Waals surface area (Å²) in [5, 5.41) is 12.8. The number of aromatic amines is 1. The first kappa shape index (κ1) is 19.2. The number of amides is 2. The SMILES string of the molecule is CCc1[nH]nc(-c2ccc(OC)cc2OC)c1NC(=O)Nc1ccc(F)cc1. The third kappa shape index (κ3) is 4.06. The maximum absolute atomic E-state index is 13.0. The van der Waals surface area contributed by atoms with Crippen molar-refractivity contribution in [3.63, 3.8) is 0 Å². The number of methoxy groups -OCH3 is 2. The third-order valence-electron chi connectivity index (χ3n) is 4.20. The van der Waals surface area contributed by atoms with Gasteiger partial charge in [0.1, 0.15) is 23.0 Å². The molecule has 1 heterocycles. The van der Waals surface area contributed by atoms with Crippen LogP contribution in [0.4, 0.5) is 20.6 Å². The van der Waals surface area contributed by atoms with Gasteiger partial charge in [-0.3, -0.25) is 5.10 Å². The van der Waals surface area contributed by atoms with Gasteiger partial charge in [-0.05, 0) is 42.8 Å². The number of H-pyrrole nitrogens is 1. The number of nitrogens with zero attached hydrogens (tertiary/aromatic N) is 1. The van der Waals surface area contributed by atoms with Crippen molar-refractivity contribution in [2.75, 3.05) is 24.9 Å². The molecule has 0 saturated heterocycles. The Morgan fingerprint density at radius 2 is 1.86 bits per heavy atom. The summed E-state index contributed by atoms with van der Waals surface area (Å²) in [6, 6.07) is 10.4. The number of hydrogen-bond acceptors (Lipinski definition) is 4. The van der Waals surface area contributed by atoms with Crippen molar-refractivity contribution < 1.29 is 18.7 Å². The number of anilines is 2. The quantitative estimate of drug-likeness (QED) is 0.586. The molecule has 0 unspecified atom stereocenters. The minimum atomic E-state index is -0.462. The second-order valence-electron chi connectivity index (χ2n) is 5.93. The Morgan fingerprint density at radius 3 is 2.50 bits per heavy atom. The molecule has 7 nitrogen and oxygen atoms in total. The number of nitrogens with one attached hydrogen (secondary N) is 3. The lowest BCUT2D eigenvalue weighted by Crippen LogP contribution is -2.20. The average molecular weight is 384 g/mol. The number of ether oxygens (including phenoxy) is 2. The molecule has 3 aromatic rings. The van der Waals surface area contributed by atoms with E-state index in [-0.39, 0.29) is 5.82 Å². The Morgan fingerprint density at radius 1 is 1.11 bits per heavy atom. The van der Waals surface area contributed by atoms with Gasteiger partial charge in [0.05, 0.1) is 25.6 Å². The van der Waals surface area contributed by atoms with Gasteiger partial charge in [0.2, 0.25) is 0 Å². The maximum atomic E-state index is 13.0. The van der Waals surface area contributed by atoms with Gasteiger partial charge in [-0.2, -0.15) is 5.10 Å². The van der Waals surface area contributed by atoms with E-state index in [2.05, 4.69) is 20.8 Å². The Balaban J connectivity index is 1.90. The van der Waals surface area contributed by atoms with E-state index >= 15 is 0 Å². The number of hydrogen-bond donors (Lipinski definition) is 3. The van der Waals surface area contributed by atoms with Crippen LogP contribution in [0.15, 0.2) is 42.5 Å². The van der Waals surface area contributed by atoms with E-state index in [9.17, 15) is 9.18 Å². The lowest BCUT2D eigenvalue weighted by atomic mass is 10.1. The summed E-state index contributed by atoms with van der Waals surface area (Å²) in [7, 11) is 3.13. The van der Waals surface area contributed by atoms with Crippen LogP contribution in [-0.4, -0.2) is 30.4 Å². The molecular formula is C20H21FN4O3. The number of rotatable bonds is 6. The van der Waals surface area contributed by atoms with Gasteiger partial charge in [0.15, 0.2) is 0 Å². The number of carbonyl (C=O) groups is 1. The van der Waals surface area contributed by atoms with Gasteiger partial charge in [0, 0.05) is 17.3 Å². The van der Waals surface area contributed by atoms with Gasteiger partial charge in [-0.25, -0.2) is 9.18 Å². The Hall–Kier alpha value is -3.55. The number of urea groups is 1. The Labute approximate surface area is 161 Å². The summed E-state index contributed by atoms with van der Waals surface area (Å²) in [6.45, 7) is 1.95. The predicted molar refractivity (Wildman–Crippen MR) is 106 cm³/mol. The van der Waals surface area contributed by atoms with Crippen LogP contribution in [0.5, 0.6) is 11.5 Å². The van der Waals surface area contributed by atoms with Crippen LogP contribution in [0.3, 0.4) is 0 Å². The molecular weight excluding hydrogens is 363 g/mol. The lowest BCUT2D eigenvalue weighted by Gasteiger charge is -2.12. The maximum Gasteiger partial charge on any atom is 0.323 e. The Kier molecular flexibility index (Phi) is 5.78. The first-order valence-electron chi connectivity index (χ1n) is 8.69. The number of benzene rings is 2. The molecule has 0 radical (unpaired) electrons. The fraction of sp³-hybridized carbons (Fsp3) is 0.200. The highest BCUT2D eigenvalue weighted by Gasteiger charge is 2.20. The van der Waals surface area contributed by atoms with Gasteiger partial charge in [0.25, 0.3) is 0 Å². The Bertz CT molecular complexity index is 970. The number of aromatic nitrogens is 2. The second-order valence-corrected chi connectivity index (χ2v) is 5.93. The summed E-state index contributed by atoms with van der Waals surface area (Å²) in [6.07, 6.45) is 0.637. The van der Waals surface area contributed by atoms with Crippen molar-refractivity contribution in [3.05, 3.63) is 54.0 Å². The summed E-state index contributed by atoms with van der Waals surface area (Å²) in [5.74, 6) is 0.842.